The first-order valence-corrected chi connectivity index (χ1v) is 11.5. The summed E-state index contributed by atoms with van der Waals surface area (Å²) in [6.07, 6.45) is 0. The molecule has 0 saturated heterocycles. The quantitative estimate of drug-likeness (QED) is 0.634. The number of ether oxygens (including phenoxy) is 1. The summed E-state index contributed by atoms with van der Waals surface area (Å²) < 4.78 is 4.95. The zero-order valence-corrected chi connectivity index (χ0v) is 19.0. The van der Waals surface area contributed by atoms with Gasteiger partial charge in [-0.1, -0.05) is 34.9 Å². The molecule has 2 aliphatic rings. The summed E-state index contributed by atoms with van der Waals surface area (Å²) in [5, 5.41) is 3.59. The summed E-state index contributed by atoms with van der Waals surface area (Å²) >= 11 is 3.22. The van der Waals surface area contributed by atoms with Gasteiger partial charge in [-0.25, -0.2) is 14.8 Å². The Labute approximate surface area is 184 Å². The lowest BCUT2D eigenvalue weighted by Gasteiger charge is -2.14. The van der Waals surface area contributed by atoms with Crippen LogP contribution in [0.15, 0.2) is 20.5 Å². The number of hydrogen-bond acceptors (Lipinski definition) is 10. The highest BCUT2D eigenvalue weighted by atomic mass is 32.2. The summed E-state index contributed by atoms with van der Waals surface area (Å²) in [4.78, 5) is 61.5. The van der Waals surface area contributed by atoms with Crippen LogP contribution in [0.1, 0.15) is 36.1 Å². The molecule has 0 aromatic carbocycles. The maximum atomic E-state index is 12.4. The standard InChI is InChI=1S/C18H18N4O5S3/c1-5-27-16(26)13-8(3)19-18(30-13)20-10(24)6-28-17-21-14(25)11-7(2)12(9(4)23)29-15(11)22-17/h11H,5-6H2,1-4H3,(H,19,20,24). The number of nitrogens with one attached hydrogen (secondary N) is 1. The number of nitrogens with zero attached hydrogens (tertiary/aromatic N) is 3. The molecule has 3 heterocycles. The van der Waals surface area contributed by atoms with Crippen LogP contribution >= 0.6 is 34.9 Å². The van der Waals surface area contributed by atoms with Gasteiger partial charge >= 0.3 is 5.97 Å². The average Bonchev–Trinajstić information content (AvgIpc) is 3.20. The molecule has 1 aromatic heterocycles. The molecule has 3 rings (SSSR count). The molecule has 0 aliphatic carbocycles. The zero-order valence-electron chi connectivity index (χ0n) is 16.6. The van der Waals surface area contributed by atoms with Crippen molar-refractivity contribution in [3.8, 4) is 0 Å². The second kappa shape index (κ2) is 9.23. The van der Waals surface area contributed by atoms with Gasteiger partial charge in [0.25, 0.3) is 5.91 Å². The van der Waals surface area contributed by atoms with Crippen molar-refractivity contribution in [2.75, 3.05) is 17.7 Å². The molecule has 158 valence electrons. The van der Waals surface area contributed by atoms with Crippen LogP contribution in [0.5, 0.6) is 0 Å². The van der Waals surface area contributed by atoms with Crippen LogP contribution in [0.3, 0.4) is 0 Å². The van der Waals surface area contributed by atoms with Crippen molar-refractivity contribution in [1.82, 2.24) is 4.98 Å². The molecule has 1 atom stereocenters. The first-order valence-electron chi connectivity index (χ1n) is 8.89. The highest BCUT2D eigenvalue weighted by molar-refractivity contribution is 8.19. The van der Waals surface area contributed by atoms with E-state index in [0.29, 0.717) is 26.1 Å². The van der Waals surface area contributed by atoms with E-state index in [2.05, 4.69) is 20.3 Å². The van der Waals surface area contributed by atoms with E-state index in [9.17, 15) is 19.2 Å². The maximum absolute atomic E-state index is 12.4. The number of esters is 1. The van der Waals surface area contributed by atoms with E-state index in [-0.39, 0.29) is 34.3 Å². The van der Waals surface area contributed by atoms with Gasteiger partial charge in [0.2, 0.25) is 5.91 Å². The Morgan fingerprint density at radius 2 is 1.97 bits per heavy atom. The van der Waals surface area contributed by atoms with Crippen molar-refractivity contribution in [1.29, 1.82) is 0 Å². The number of aryl methyl sites for hydroxylation is 1. The third kappa shape index (κ3) is 4.71. The number of aliphatic imine (C=N–C) groups is 2. The lowest BCUT2D eigenvalue weighted by atomic mass is 9.99. The summed E-state index contributed by atoms with van der Waals surface area (Å²) in [7, 11) is 0. The predicted molar refractivity (Wildman–Crippen MR) is 118 cm³/mol. The molecule has 0 radical (unpaired) electrons. The molecule has 2 amide bonds. The monoisotopic (exact) mass is 466 g/mol. The second-order valence-electron chi connectivity index (χ2n) is 6.28. The minimum atomic E-state index is -0.605. The van der Waals surface area contributed by atoms with Crippen molar-refractivity contribution in [2.24, 2.45) is 15.9 Å². The van der Waals surface area contributed by atoms with Crippen LogP contribution in [0, 0.1) is 12.8 Å². The molecule has 30 heavy (non-hydrogen) atoms. The van der Waals surface area contributed by atoms with Gasteiger partial charge in [0, 0.05) is 0 Å². The number of hydrogen-bond donors (Lipinski definition) is 1. The summed E-state index contributed by atoms with van der Waals surface area (Å²) in [6.45, 7) is 6.80. The summed E-state index contributed by atoms with van der Waals surface area (Å²) in [5.41, 5.74) is 1.14. The molecule has 9 nitrogen and oxygen atoms in total. The fourth-order valence-corrected chi connectivity index (χ4v) is 5.50. The third-order valence-electron chi connectivity index (χ3n) is 4.06. The van der Waals surface area contributed by atoms with Crippen LogP contribution in [0.2, 0.25) is 0 Å². The van der Waals surface area contributed by atoms with Crippen molar-refractivity contribution in [2.45, 2.75) is 27.7 Å². The van der Waals surface area contributed by atoms with Gasteiger partial charge in [-0.2, -0.15) is 4.99 Å². The second-order valence-corrected chi connectivity index (χ2v) is 9.25. The molecule has 0 spiro atoms. The maximum Gasteiger partial charge on any atom is 0.350 e. The van der Waals surface area contributed by atoms with Gasteiger partial charge in [-0.3, -0.25) is 14.4 Å². The highest BCUT2D eigenvalue weighted by Crippen LogP contribution is 2.41. The molecule has 0 fully saturated rings. The van der Waals surface area contributed by atoms with E-state index >= 15 is 0 Å². The van der Waals surface area contributed by atoms with Crippen LogP contribution in [0.4, 0.5) is 5.13 Å². The van der Waals surface area contributed by atoms with Crippen LogP contribution < -0.4 is 5.32 Å². The number of anilines is 1. The van der Waals surface area contributed by atoms with Crippen LogP contribution in [-0.4, -0.2) is 51.1 Å². The number of carbonyl (C=O) groups is 4. The Morgan fingerprint density at radius 1 is 1.23 bits per heavy atom. The smallest absolute Gasteiger partial charge is 0.350 e. The molecule has 0 saturated carbocycles. The number of ketones is 1. The molecular formula is C18H18N4O5S3. The SMILES string of the molecule is CCOC(=O)c1sc(NC(=O)CSC2=NC(=O)C3C(=N2)SC(C(C)=O)=C3C)nc1C. The van der Waals surface area contributed by atoms with E-state index in [4.69, 9.17) is 4.74 Å². The number of carbonyl (C=O) groups excluding carboxylic acids is 4. The lowest BCUT2D eigenvalue weighted by molar-refractivity contribution is -0.118. The van der Waals surface area contributed by atoms with Crippen molar-refractivity contribution < 1.29 is 23.9 Å². The lowest BCUT2D eigenvalue weighted by Crippen LogP contribution is -2.24. The number of rotatable bonds is 6. The highest BCUT2D eigenvalue weighted by Gasteiger charge is 2.39. The van der Waals surface area contributed by atoms with E-state index in [1.165, 1.54) is 18.7 Å². The van der Waals surface area contributed by atoms with Crippen molar-refractivity contribution in [3.63, 3.8) is 0 Å². The zero-order chi connectivity index (χ0) is 22.0. The summed E-state index contributed by atoms with van der Waals surface area (Å²) in [5.74, 6) is -2.01. The molecular weight excluding hydrogens is 448 g/mol. The van der Waals surface area contributed by atoms with Crippen molar-refractivity contribution in [3.05, 3.63) is 21.0 Å². The van der Waals surface area contributed by atoms with Crippen LogP contribution in [-0.2, 0) is 19.1 Å². The van der Waals surface area contributed by atoms with E-state index in [1.54, 1.807) is 20.8 Å². The normalized spacial score (nSPS) is 18.0. The molecule has 2 aliphatic heterocycles. The van der Waals surface area contributed by atoms with Crippen molar-refractivity contribution >= 4 is 73.8 Å². The van der Waals surface area contributed by atoms with Gasteiger partial charge in [-0.05, 0) is 33.3 Å². The van der Waals surface area contributed by atoms with Gasteiger partial charge in [0.1, 0.15) is 10.8 Å². The van der Waals surface area contributed by atoms with E-state index < -0.39 is 17.8 Å². The largest absolute Gasteiger partial charge is 0.462 e. The molecule has 1 N–H and O–H groups in total. The topological polar surface area (TPSA) is 127 Å². The Balaban J connectivity index is 1.60. The molecule has 1 unspecified atom stereocenters. The van der Waals surface area contributed by atoms with Gasteiger partial charge < -0.3 is 10.1 Å². The molecule has 12 heteroatoms. The number of allylic oxidation sites excluding steroid dienone is 1. The average molecular weight is 467 g/mol. The summed E-state index contributed by atoms with van der Waals surface area (Å²) in [6, 6.07) is 0. The molecule has 1 aromatic rings. The van der Waals surface area contributed by atoms with E-state index in [1.807, 2.05) is 0 Å². The Kier molecular flexibility index (Phi) is 6.88. The Morgan fingerprint density at radius 3 is 2.63 bits per heavy atom. The Hall–Kier alpha value is -2.31. The Bertz CT molecular complexity index is 1040. The van der Waals surface area contributed by atoms with E-state index in [0.717, 1.165) is 23.1 Å². The van der Waals surface area contributed by atoms with Crippen LogP contribution in [0.25, 0.3) is 0 Å². The van der Waals surface area contributed by atoms with Gasteiger partial charge in [0.05, 0.1) is 28.0 Å². The van der Waals surface area contributed by atoms with Gasteiger partial charge in [-0.15, -0.1) is 0 Å². The number of aromatic nitrogens is 1. The number of Topliss-reactive ketones (excluding diaryl/α,β-unsaturated/α-hetero) is 1. The minimum absolute atomic E-state index is 0.0441. The number of fused-ring (bicyclic) bond motifs is 1. The van der Waals surface area contributed by atoms with Gasteiger partial charge in [0.15, 0.2) is 16.1 Å². The minimum Gasteiger partial charge on any atom is -0.462 e. The number of amides is 2. The first-order chi connectivity index (χ1) is 14.2. The number of thioether (sulfide) groups is 2. The predicted octanol–water partition coefficient (Wildman–Crippen LogP) is 2.82. The number of thiazole rings is 1. The third-order valence-corrected chi connectivity index (χ3v) is 7.31. The fraction of sp³-hybridized carbons (Fsp3) is 0.389. The first kappa shape index (κ1) is 22.4. The molecule has 0 bridgehead atoms. The fourth-order valence-electron chi connectivity index (χ4n) is 2.75. The number of amidine groups is 1.